The molecular weight excluding hydrogens is 422 g/mol. The molecule has 4 heteroatoms. The topological polar surface area (TPSA) is 63.2 Å². The maximum absolute atomic E-state index is 13.7. The number of fused-ring (bicyclic) bond motifs is 7. The molecule has 5 aliphatic rings. The SMILES string of the molecule is CC1(C)CC[C@]2(C=O)CC[C@]3(C)[C@@H](NC(=O)C[C@@H]4[C@@]5(C)CCC(=O)C(C)(C)[C@@H]5CC[C@]43C)[C@@H]2C1. The Labute approximate surface area is 206 Å². The fraction of sp³-hybridized carbons (Fsp3) is 0.900. The molecule has 1 N–H and O–H groups in total. The van der Waals surface area contributed by atoms with E-state index in [9.17, 15) is 14.4 Å². The Balaban J connectivity index is 1.61. The van der Waals surface area contributed by atoms with Crippen LogP contribution in [0, 0.1) is 50.2 Å². The molecule has 1 amide bonds. The van der Waals surface area contributed by atoms with Crippen molar-refractivity contribution >= 4 is 18.0 Å². The number of rotatable bonds is 1. The highest BCUT2D eigenvalue weighted by Gasteiger charge is 2.70. The summed E-state index contributed by atoms with van der Waals surface area (Å²) in [5.74, 6) is 1.38. The standard InChI is InChI=1S/C30H47NO3/c1-25(2)12-14-30(18-32)15-13-29(7)24(19(30)17-25)31-23(34)16-21-27(5)10-9-22(33)26(3,4)20(27)8-11-28(21,29)6/h18-21,24H,8-17H2,1-7H3,(H,31,34)/t19-,20-,21+,24-,27-,28+,29+,30+/m0/s1. The van der Waals surface area contributed by atoms with Gasteiger partial charge in [0.05, 0.1) is 0 Å². The first-order valence-corrected chi connectivity index (χ1v) is 13.9. The number of aldehydes is 1. The minimum Gasteiger partial charge on any atom is -0.352 e. The minimum atomic E-state index is -0.315. The molecule has 0 unspecified atom stereocenters. The summed E-state index contributed by atoms with van der Waals surface area (Å²) in [5.41, 5.74) is -0.453. The minimum absolute atomic E-state index is 0.00911. The summed E-state index contributed by atoms with van der Waals surface area (Å²) < 4.78 is 0. The third kappa shape index (κ3) is 2.98. The number of Topliss-reactive ketones (excluding diaryl/α,β-unsaturated/α-hetero) is 1. The molecule has 8 atom stereocenters. The number of nitrogens with one attached hydrogen (secondary N) is 1. The lowest BCUT2D eigenvalue weighted by atomic mass is 9.36. The van der Waals surface area contributed by atoms with E-state index in [1.165, 1.54) is 6.29 Å². The highest BCUT2D eigenvalue weighted by atomic mass is 16.2. The van der Waals surface area contributed by atoms with Crippen LogP contribution >= 0.6 is 0 Å². The Morgan fingerprint density at radius 3 is 2.18 bits per heavy atom. The summed E-state index contributed by atoms with van der Waals surface area (Å²) in [6.07, 6.45) is 10.5. The Bertz CT molecular complexity index is 922. The number of hydrogen-bond donors (Lipinski definition) is 1. The number of ketones is 1. The van der Waals surface area contributed by atoms with E-state index in [0.717, 1.165) is 51.4 Å². The van der Waals surface area contributed by atoms with Crippen LogP contribution in [0.2, 0.25) is 0 Å². The van der Waals surface area contributed by atoms with Crippen LogP contribution in [0.25, 0.3) is 0 Å². The molecule has 0 aromatic heterocycles. The first kappa shape index (κ1) is 24.5. The molecule has 0 aromatic carbocycles. The Hall–Kier alpha value is -1.19. The quantitative estimate of drug-likeness (QED) is 0.471. The van der Waals surface area contributed by atoms with Crippen molar-refractivity contribution in [1.29, 1.82) is 0 Å². The van der Waals surface area contributed by atoms with Gasteiger partial charge in [0, 0.05) is 29.7 Å². The molecule has 0 aromatic rings. The highest BCUT2D eigenvalue weighted by molar-refractivity contribution is 5.85. The van der Waals surface area contributed by atoms with Gasteiger partial charge >= 0.3 is 0 Å². The van der Waals surface area contributed by atoms with Gasteiger partial charge < -0.3 is 10.1 Å². The van der Waals surface area contributed by atoms with Gasteiger partial charge in [-0.1, -0.05) is 48.5 Å². The number of carbonyl (C=O) groups is 3. The normalized spacial score (nSPS) is 51.6. The van der Waals surface area contributed by atoms with Crippen LogP contribution in [-0.2, 0) is 14.4 Å². The predicted molar refractivity (Wildman–Crippen MR) is 134 cm³/mol. The summed E-state index contributed by atoms with van der Waals surface area (Å²) in [6.45, 7) is 16.3. The average Bonchev–Trinajstić information content (AvgIpc) is 2.84. The Kier molecular flexibility index (Phi) is 5.18. The third-order valence-electron chi connectivity index (χ3n) is 13.0. The maximum Gasteiger partial charge on any atom is 0.220 e. The molecule has 34 heavy (non-hydrogen) atoms. The lowest BCUT2D eigenvalue weighted by molar-refractivity contribution is -0.196. The van der Waals surface area contributed by atoms with Crippen LogP contribution in [0.5, 0.6) is 0 Å². The molecule has 5 fully saturated rings. The summed E-state index contributed by atoms with van der Waals surface area (Å²) in [6, 6.07) is 0.0481. The Morgan fingerprint density at radius 2 is 1.50 bits per heavy atom. The first-order valence-electron chi connectivity index (χ1n) is 13.9. The fourth-order valence-electron chi connectivity index (χ4n) is 10.5. The zero-order valence-corrected chi connectivity index (χ0v) is 22.7. The summed E-state index contributed by atoms with van der Waals surface area (Å²) in [7, 11) is 0. The molecule has 4 aliphatic carbocycles. The van der Waals surface area contributed by atoms with Gasteiger partial charge in [0.2, 0.25) is 5.91 Å². The van der Waals surface area contributed by atoms with Crippen LogP contribution in [0.4, 0.5) is 0 Å². The molecule has 190 valence electrons. The molecule has 0 bridgehead atoms. The summed E-state index contributed by atoms with van der Waals surface area (Å²) in [4.78, 5) is 39.3. The largest absolute Gasteiger partial charge is 0.352 e. The second-order valence-electron chi connectivity index (χ2n) is 15.2. The van der Waals surface area contributed by atoms with E-state index in [2.05, 4.69) is 53.8 Å². The zero-order valence-electron chi connectivity index (χ0n) is 22.7. The van der Waals surface area contributed by atoms with Crippen LogP contribution in [0.1, 0.15) is 113 Å². The van der Waals surface area contributed by atoms with E-state index in [1.807, 2.05) is 0 Å². The predicted octanol–water partition coefficient (Wildman–Crippen LogP) is 6.11. The van der Waals surface area contributed by atoms with Gasteiger partial charge in [0.1, 0.15) is 12.1 Å². The van der Waals surface area contributed by atoms with Gasteiger partial charge in [-0.3, -0.25) is 9.59 Å². The highest BCUT2D eigenvalue weighted by Crippen LogP contribution is 2.72. The average molecular weight is 470 g/mol. The van der Waals surface area contributed by atoms with Crippen molar-refractivity contribution in [3.63, 3.8) is 0 Å². The number of amides is 1. The molecule has 0 spiro atoms. The van der Waals surface area contributed by atoms with Crippen molar-refractivity contribution in [3.8, 4) is 0 Å². The molecular formula is C30H47NO3. The van der Waals surface area contributed by atoms with Crippen molar-refractivity contribution in [2.75, 3.05) is 0 Å². The van der Waals surface area contributed by atoms with Crippen LogP contribution in [0.15, 0.2) is 0 Å². The van der Waals surface area contributed by atoms with Crippen LogP contribution in [0.3, 0.4) is 0 Å². The van der Waals surface area contributed by atoms with E-state index in [-0.39, 0.29) is 56.3 Å². The van der Waals surface area contributed by atoms with Gasteiger partial charge in [-0.2, -0.15) is 0 Å². The van der Waals surface area contributed by atoms with Gasteiger partial charge in [-0.15, -0.1) is 0 Å². The van der Waals surface area contributed by atoms with Gasteiger partial charge in [-0.05, 0) is 90.8 Å². The summed E-state index contributed by atoms with van der Waals surface area (Å²) in [5, 5.41) is 3.58. The number of hydrogen-bond acceptors (Lipinski definition) is 3. The van der Waals surface area contributed by atoms with E-state index < -0.39 is 0 Å². The third-order valence-corrected chi connectivity index (χ3v) is 13.0. The zero-order chi connectivity index (χ0) is 24.9. The smallest absolute Gasteiger partial charge is 0.220 e. The lowest BCUT2D eigenvalue weighted by Gasteiger charge is -2.68. The molecule has 1 heterocycles. The molecule has 0 radical (unpaired) electrons. The van der Waals surface area contributed by atoms with Crippen molar-refractivity contribution in [2.24, 2.45) is 50.2 Å². The molecule has 5 rings (SSSR count). The second-order valence-corrected chi connectivity index (χ2v) is 15.2. The first-order chi connectivity index (χ1) is 15.7. The van der Waals surface area contributed by atoms with Crippen molar-refractivity contribution in [1.82, 2.24) is 5.32 Å². The Morgan fingerprint density at radius 1 is 0.824 bits per heavy atom. The van der Waals surface area contributed by atoms with Crippen LogP contribution < -0.4 is 5.32 Å². The maximum atomic E-state index is 13.7. The molecule has 1 saturated heterocycles. The second kappa shape index (κ2) is 7.19. The number of carbonyl (C=O) groups excluding carboxylic acids is 3. The van der Waals surface area contributed by atoms with Gasteiger partial charge in [-0.25, -0.2) is 0 Å². The molecule has 1 aliphatic heterocycles. The van der Waals surface area contributed by atoms with E-state index >= 15 is 0 Å². The fourth-order valence-corrected chi connectivity index (χ4v) is 10.5. The van der Waals surface area contributed by atoms with E-state index in [0.29, 0.717) is 24.5 Å². The van der Waals surface area contributed by atoms with E-state index in [1.54, 1.807) is 0 Å². The van der Waals surface area contributed by atoms with Gasteiger partial charge in [0.25, 0.3) is 0 Å². The van der Waals surface area contributed by atoms with Gasteiger partial charge in [0.15, 0.2) is 0 Å². The van der Waals surface area contributed by atoms with E-state index in [4.69, 9.17) is 0 Å². The lowest BCUT2D eigenvalue weighted by Crippen LogP contribution is -2.67. The monoisotopic (exact) mass is 469 g/mol. The summed E-state index contributed by atoms with van der Waals surface area (Å²) >= 11 is 0. The van der Waals surface area contributed by atoms with Crippen molar-refractivity contribution in [3.05, 3.63) is 0 Å². The van der Waals surface area contributed by atoms with Crippen molar-refractivity contribution < 1.29 is 14.4 Å². The van der Waals surface area contributed by atoms with Crippen molar-refractivity contribution in [2.45, 2.75) is 119 Å². The molecule has 4 saturated carbocycles. The van der Waals surface area contributed by atoms with Crippen LogP contribution in [-0.4, -0.2) is 24.0 Å². The molecule has 4 nitrogen and oxygen atoms in total.